The Morgan fingerprint density at radius 3 is 2.30 bits per heavy atom. The molecule has 0 aromatic heterocycles. The molecule has 0 unspecified atom stereocenters. The summed E-state index contributed by atoms with van der Waals surface area (Å²) in [5, 5.41) is 0. The number of hydrogen-bond acceptors (Lipinski definition) is 3. The van der Waals surface area contributed by atoms with E-state index in [1.54, 1.807) is 0 Å². The lowest BCUT2D eigenvalue weighted by Crippen LogP contribution is -2.07. The molecule has 0 fully saturated rings. The molecule has 0 aliphatic rings. The zero-order valence-corrected chi connectivity index (χ0v) is 7.28. The first-order valence-electron chi connectivity index (χ1n) is 3.40. The third kappa shape index (κ3) is 4.76. The van der Waals surface area contributed by atoms with E-state index in [1.165, 1.54) is 7.11 Å². The van der Waals surface area contributed by atoms with Gasteiger partial charge in [-0.05, 0) is 6.42 Å². The van der Waals surface area contributed by atoms with Crippen molar-refractivity contribution >= 4 is 10.1 Å². The molecule has 62 valence electrons. The summed E-state index contributed by atoms with van der Waals surface area (Å²) < 4.78 is 25.6. The van der Waals surface area contributed by atoms with Crippen LogP contribution in [0, 0.1) is 0 Å². The number of rotatable bonds is 5. The third-order valence-electron chi connectivity index (χ3n) is 1.25. The van der Waals surface area contributed by atoms with Gasteiger partial charge in [-0.3, -0.25) is 4.18 Å². The highest BCUT2D eigenvalue weighted by Crippen LogP contribution is 1.99. The molecule has 0 bridgehead atoms. The van der Waals surface area contributed by atoms with E-state index < -0.39 is 10.1 Å². The van der Waals surface area contributed by atoms with Gasteiger partial charge in [-0.1, -0.05) is 19.8 Å². The van der Waals surface area contributed by atoms with Gasteiger partial charge in [0.05, 0.1) is 12.9 Å². The van der Waals surface area contributed by atoms with Crippen molar-refractivity contribution in [1.29, 1.82) is 0 Å². The molecule has 0 amide bonds. The normalized spacial score (nSPS) is 11.8. The van der Waals surface area contributed by atoms with E-state index in [0.717, 1.165) is 12.8 Å². The van der Waals surface area contributed by atoms with Gasteiger partial charge in [0.15, 0.2) is 0 Å². The van der Waals surface area contributed by atoms with Gasteiger partial charge in [0.1, 0.15) is 0 Å². The highest BCUT2D eigenvalue weighted by Gasteiger charge is 2.05. The smallest absolute Gasteiger partial charge is 0.267 e. The Kier molecular flexibility index (Phi) is 4.64. The molecule has 0 heterocycles. The molecule has 0 aromatic rings. The van der Waals surface area contributed by atoms with Crippen molar-refractivity contribution in [2.45, 2.75) is 26.2 Å². The summed E-state index contributed by atoms with van der Waals surface area (Å²) in [6.45, 7) is 2.03. The first-order valence-corrected chi connectivity index (χ1v) is 4.98. The molecule has 10 heavy (non-hydrogen) atoms. The van der Waals surface area contributed by atoms with Gasteiger partial charge in [0.2, 0.25) is 0 Å². The molecule has 0 radical (unpaired) electrons. The van der Waals surface area contributed by atoms with Crippen LogP contribution in [0.3, 0.4) is 0 Å². The van der Waals surface area contributed by atoms with E-state index in [1.807, 2.05) is 6.92 Å². The van der Waals surface area contributed by atoms with E-state index in [0.29, 0.717) is 6.42 Å². The van der Waals surface area contributed by atoms with Gasteiger partial charge in [0.25, 0.3) is 10.1 Å². The van der Waals surface area contributed by atoms with Crippen molar-refractivity contribution in [3.63, 3.8) is 0 Å². The summed E-state index contributed by atoms with van der Waals surface area (Å²) in [7, 11) is -2.00. The van der Waals surface area contributed by atoms with Crippen LogP contribution in [0.15, 0.2) is 0 Å². The predicted molar refractivity (Wildman–Crippen MR) is 40.3 cm³/mol. The lowest BCUT2D eigenvalue weighted by molar-refractivity contribution is 0.396. The van der Waals surface area contributed by atoms with Crippen LogP contribution >= 0.6 is 0 Å². The minimum atomic E-state index is -3.19. The quantitative estimate of drug-likeness (QED) is 0.454. The maximum absolute atomic E-state index is 10.7. The van der Waals surface area contributed by atoms with Gasteiger partial charge < -0.3 is 0 Å². The lowest BCUT2D eigenvalue weighted by Gasteiger charge is -1.98. The van der Waals surface area contributed by atoms with Crippen molar-refractivity contribution in [3.05, 3.63) is 0 Å². The molecule has 0 atom stereocenters. The number of unbranched alkanes of at least 4 members (excludes halogenated alkanes) is 2. The summed E-state index contributed by atoms with van der Waals surface area (Å²) in [6, 6.07) is 0. The van der Waals surface area contributed by atoms with Crippen LogP contribution < -0.4 is 0 Å². The highest BCUT2D eigenvalue weighted by atomic mass is 32.2. The molecular weight excluding hydrogens is 152 g/mol. The van der Waals surface area contributed by atoms with E-state index in [2.05, 4.69) is 4.18 Å². The molecule has 0 aromatic carbocycles. The Hall–Kier alpha value is -0.0900. The second kappa shape index (κ2) is 4.68. The summed E-state index contributed by atoms with van der Waals surface area (Å²) >= 11 is 0. The fourth-order valence-corrected chi connectivity index (χ4v) is 1.34. The molecule has 0 N–H and O–H groups in total. The van der Waals surface area contributed by atoms with Crippen molar-refractivity contribution < 1.29 is 12.6 Å². The Morgan fingerprint density at radius 2 is 1.90 bits per heavy atom. The molecule has 0 saturated carbocycles. The molecule has 0 aliphatic carbocycles. The van der Waals surface area contributed by atoms with Crippen LogP contribution in [-0.4, -0.2) is 21.3 Å². The predicted octanol–water partition coefficient (Wildman–Crippen LogP) is 1.15. The molecule has 0 aliphatic heterocycles. The Morgan fingerprint density at radius 1 is 1.30 bits per heavy atom. The average molecular weight is 166 g/mol. The topological polar surface area (TPSA) is 43.4 Å². The minimum absolute atomic E-state index is 0.150. The van der Waals surface area contributed by atoms with Crippen LogP contribution in [-0.2, 0) is 14.3 Å². The largest absolute Gasteiger partial charge is 0.273 e. The van der Waals surface area contributed by atoms with Gasteiger partial charge in [-0.25, -0.2) is 0 Å². The third-order valence-corrected chi connectivity index (χ3v) is 2.55. The molecule has 3 nitrogen and oxygen atoms in total. The van der Waals surface area contributed by atoms with Crippen LogP contribution in [0.5, 0.6) is 0 Å². The molecule has 4 heteroatoms. The van der Waals surface area contributed by atoms with Crippen molar-refractivity contribution in [3.8, 4) is 0 Å². The van der Waals surface area contributed by atoms with Crippen LogP contribution in [0.4, 0.5) is 0 Å². The SMILES string of the molecule is CCCCCS(=O)(=O)OC. The Balaban J connectivity index is 3.49. The van der Waals surface area contributed by atoms with Gasteiger partial charge in [-0.15, -0.1) is 0 Å². The van der Waals surface area contributed by atoms with Crippen molar-refractivity contribution in [1.82, 2.24) is 0 Å². The first kappa shape index (κ1) is 9.91. The highest BCUT2D eigenvalue weighted by molar-refractivity contribution is 7.86. The van der Waals surface area contributed by atoms with Crippen LogP contribution in [0.2, 0.25) is 0 Å². The Bertz CT molecular complexity index is 160. The fraction of sp³-hybridized carbons (Fsp3) is 1.00. The fourth-order valence-electron chi connectivity index (χ4n) is 0.612. The van der Waals surface area contributed by atoms with Gasteiger partial charge >= 0.3 is 0 Å². The summed E-state index contributed by atoms with van der Waals surface area (Å²) in [6.07, 6.45) is 2.68. The Labute approximate surface area is 62.5 Å². The second-order valence-corrected chi connectivity index (χ2v) is 3.99. The van der Waals surface area contributed by atoms with E-state index in [9.17, 15) is 8.42 Å². The molecular formula is C6H14O3S. The summed E-state index contributed by atoms with van der Waals surface area (Å²) in [5.41, 5.74) is 0. The maximum Gasteiger partial charge on any atom is 0.267 e. The average Bonchev–Trinajstić information content (AvgIpc) is 1.89. The van der Waals surface area contributed by atoms with Crippen LogP contribution in [0.25, 0.3) is 0 Å². The van der Waals surface area contributed by atoms with Gasteiger partial charge in [0, 0.05) is 0 Å². The monoisotopic (exact) mass is 166 g/mol. The maximum atomic E-state index is 10.7. The van der Waals surface area contributed by atoms with Crippen LogP contribution in [0.1, 0.15) is 26.2 Å². The summed E-state index contributed by atoms with van der Waals surface area (Å²) in [4.78, 5) is 0. The first-order chi connectivity index (χ1) is 4.62. The second-order valence-electron chi connectivity index (χ2n) is 2.14. The van der Waals surface area contributed by atoms with E-state index >= 15 is 0 Å². The minimum Gasteiger partial charge on any atom is -0.273 e. The van der Waals surface area contributed by atoms with Crippen molar-refractivity contribution in [2.24, 2.45) is 0 Å². The zero-order chi connectivity index (χ0) is 8.04. The van der Waals surface area contributed by atoms with E-state index in [-0.39, 0.29) is 5.75 Å². The van der Waals surface area contributed by atoms with Crippen molar-refractivity contribution in [2.75, 3.05) is 12.9 Å². The zero-order valence-electron chi connectivity index (χ0n) is 6.46. The summed E-state index contributed by atoms with van der Waals surface area (Å²) in [5.74, 6) is 0.150. The molecule has 0 saturated heterocycles. The molecule has 0 rings (SSSR count). The standard InChI is InChI=1S/C6H14O3S/c1-3-4-5-6-10(7,8)9-2/h3-6H2,1-2H3. The lowest BCUT2D eigenvalue weighted by atomic mass is 10.3. The number of hydrogen-bond donors (Lipinski definition) is 0. The molecule has 0 spiro atoms. The van der Waals surface area contributed by atoms with Gasteiger partial charge in [-0.2, -0.15) is 8.42 Å². The van der Waals surface area contributed by atoms with E-state index in [4.69, 9.17) is 0 Å².